The average molecular weight is 321 g/mol. The maximum absolute atomic E-state index is 12.6. The van der Waals surface area contributed by atoms with Crippen LogP contribution in [0, 0.1) is 0 Å². The van der Waals surface area contributed by atoms with Gasteiger partial charge in [0, 0.05) is 11.3 Å². The molecule has 0 unspecified atom stereocenters. The highest BCUT2D eigenvalue weighted by Gasteiger charge is 2.30. The molecule has 1 heterocycles. The molecule has 2 nitrogen and oxygen atoms in total. The van der Waals surface area contributed by atoms with Gasteiger partial charge in [0.2, 0.25) is 0 Å². The molecule has 122 valence electrons. The van der Waals surface area contributed by atoms with Crippen LogP contribution >= 0.6 is 0 Å². The van der Waals surface area contributed by atoms with Gasteiger partial charge >= 0.3 is 6.18 Å². The number of rotatable bonds is 3. The number of para-hydroxylation sites is 1. The van der Waals surface area contributed by atoms with Gasteiger partial charge in [-0.2, -0.15) is 13.2 Å². The van der Waals surface area contributed by atoms with Crippen LogP contribution in [0.2, 0.25) is 0 Å². The van der Waals surface area contributed by atoms with Gasteiger partial charge in [-0.05, 0) is 24.3 Å². The second-order valence-electron chi connectivity index (χ2n) is 5.94. The van der Waals surface area contributed by atoms with Gasteiger partial charge in [0.25, 0.3) is 0 Å². The number of nitrogens with one attached hydrogen (secondary N) is 1. The number of hydrogen-bond acceptors (Lipinski definition) is 1. The zero-order chi connectivity index (χ0) is 16.3. The molecule has 1 saturated heterocycles. The molecule has 0 aromatic heterocycles. The van der Waals surface area contributed by atoms with Crippen molar-refractivity contribution in [3.05, 3.63) is 65.7 Å². The molecule has 5 heteroatoms. The van der Waals surface area contributed by atoms with E-state index in [1.807, 2.05) is 18.2 Å². The van der Waals surface area contributed by atoms with Crippen LogP contribution < -0.4 is 9.80 Å². The quantitative estimate of drug-likeness (QED) is 0.913. The first-order valence-electron chi connectivity index (χ1n) is 7.82. The lowest BCUT2D eigenvalue weighted by molar-refractivity contribution is -0.914. The fourth-order valence-electron chi connectivity index (χ4n) is 3.00. The Balaban J connectivity index is 1.55. The minimum Gasteiger partial charge on any atom is -0.360 e. The van der Waals surface area contributed by atoms with Crippen molar-refractivity contribution in [2.75, 3.05) is 31.1 Å². The molecule has 23 heavy (non-hydrogen) atoms. The minimum absolute atomic E-state index is 0.579. The van der Waals surface area contributed by atoms with Crippen molar-refractivity contribution in [2.45, 2.75) is 12.7 Å². The van der Waals surface area contributed by atoms with E-state index in [0.29, 0.717) is 0 Å². The number of benzene rings is 2. The molecule has 0 bridgehead atoms. The second kappa shape index (κ2) is 6.62. The number of quaternary nitrogens is 1. The summed E-state index contributed by atoms with van der Waals surface area (Å²) in [7, 11) is 0. The van der Waals surface area contributed by atoms with E-state index >= 15 is 0 Å². The summed E-state index contributed by atoms with van der Waals surface area (Å²) in [5, 5.41) is 0. The van der Waals surface area contributed by atoms with Crippen LogP contribution in [-0.4, -0.2) is 26.2 Å². The highest BCUT2D eigenvalue weighted by molar-refractivity contribution is 5.46. The molecular formula is C18H20F3N2+. The highest BCUT2D eigenvalue weighted by Crippen LogP contribution is 2.28. The zero-order valence-electron chi connectivity index (χ0n) is 12.8. The maximum atomic E-state index is 12.6. The Kier molecular flexibility index (Phi) is 4.57. The average Bonchev–Trinajstić information content (AvgIpc) is 2.56. The van der Waals surface area contributed by atoms with Crippen LogP contribution in [0.4, 0.5) is 18.9 Å². The molecule has 1 N–H and O–H groups in total. The van der Waals surface area contributed by atoms with Gasteiger partial charge < -0.3 is 9.80 Å². The van der Waals surface area contributed by atoms with Crippen molar-refractivity contribution in [2.24, 2.45) is 0 Å². The van der Waals surface area contributed by atoms with E-state index in [9.17, 15) is 13.2 Å². The van der Waals surface area contributed by atoms with Crippen molar-refractivity contribution < 1.29 is 18.1 Å². The molecular weight excluding hydrogens is 301 g/mol. The van der Waals surface area contributed by atoms with Crippen LogP contribution in [0.15, 0.2) is 54.6 Å². The SMILES string of the molecule is FC(F)(F)c1ccc(C[NH+]2CCN(c3ccccc3)CC2)cc1. The summed E-state index contributed by atoms with van der Waals surface area (Å²) in [6.45, 7) is 4.71. The Hall–Kier alpha value is -2.01. The molecule has 1 aliphatic rings. The van der Waals surface area contributed by atoms with Crippen LogP contribution in [0.5, 0.6) is 0 Å². The van der Waals surface area contributed by atoms with E-state index in [1.165, 1.54) is 22.7 Å². The summed E-state index contributed by atoms with van der Waals surface area (Å²) in [5.41, 5.74) is 1.62. The lowest BCUT2D eigenvalue weighted by Gasteiger charge is -2.33. The summed E-state index contributed by atoms with van der Waals surface area (Å²) in [6, 6.07) is 15.9. The predicted molar refractivity (Wildman–Crippen MR) is 84.5 cm³/mol. The molecule has 0 aliphatic carbocycles. The Bertz CT molecular complexity index is 615. The minimum atomic E-state index is -4.26. The number of hydrogen-bond donors (Lipinski definition) is 1. The molecule has 2 aromatic carbocycles. The lowest BCUT2D eigenvalue weighted by Crippen LogP contribution is -3.13. The third-order valence-electron chi connectivity index (χ3n) is 4.33. The third-order valence-corrected chi connectivity index (χ3v) is 4.33. The van der Waals surface area contributed by atoms with Gasteiger partial charge in [-0.25, -0.2) is 0 Å². The largest absolute Gasteiger partial charge is 0.416 e. The molecule has 1 aliphatic heterocycles. The van der Waals surface area contributed by atoms with Crippen molar-refractivity contribution >= 4 is 5.69 Å². The number of alkyl halides is 3. The molecule has 3 rings (SSSR count). The fourth-order valence-corrected chi connectivity index (χ4v) is 3.00. The predicted octanol–water partition coefficient (Wildman–Crippen LogP) is 2.61. The topological polar surface area (TPSA) is 7.68 Å². The molecule has 0 amide bonds. The summed E-state index contributed by atoms with van der Waals surface area (Å²) in [5.74, 6) is 0. The number of nitrogens with zero attached hydrogens (tertiary/aromatic N) is 1. The monoisotopic (exact) mass is 321 g/mol. The van der Waals surface area contributed by atoms with Gasteiger partial charge in [-0.3, -0.25) is 0 Å². The molecule has 1 fully saturated rings. The van der Waals surface area contributed by atoms with Crippen LogP contribution in [0.3, 0.4) is 0 Å². The third kappa shape index (κ3) is 4.05. The summed E-state index contributed by atoms with van der Waals surface area (Å²) >= 11 is 0. The molecule has 0 radical (unpaired) electrons. The van der Waals surface area contributed by atoms with E-state index in [4.69, 9.17) is 0 Å². The lowest BCUT2D eigenvalue weighted by atomic mass is 10.1. The van der Waals surface area contributed by atoms with Crippen LogP contribution in [-0.2, 0) is 12.7 Å². The molecule has 2 aromatic rings. The standard InChI is InChI=1S/C18H19F3N2/c19-18(20,21)16-8-6-15(7-9-16)14-22-10-12-23(13-11-22)17-4-2-1-3-5-17/h1-9H,10-14H2/p+1. The van der Waals surface area contributed by atoms with Gasteiger partial charge in [-0.1, -0.05) is 30.3 Å². The summed E-state index contributed by atoms with van der Waals surface area (Å²) < 4.78 is 37.7. The van der Waals surface area contributed by atoms with Gasteiger partial charge in [0.05, 0.1) is 31.7 Å². The fraction of sp³-hybridized carbons (Fsp3) is 0.333. The van der Waals surface area contributed by atoms with Crippen molar-refractivity contribution in [1.82, 2.24) is 0 Å². The molecule has 0 atom stereocenters. The second-order valence-corrected chi connectivity index (χ2v) is 5.94. The van der Waals surface area contributed by atoms with Crippen molar-refractivity contribution in [3.63, 3.8) is 0 Å². The van der Waals surface area contributed by atoms with Crippen LogP contribution in [0.25, 0.3) is 0 Å². The summed E-state index contributed by atoms with van der Waals surface area (Å²) in [6.07, 6.45) is -4.26. The first kappa shape index (κ1) is 15.9. The Morgan fingerprint density at radius 1 is 0.870 bits per heavy atom. The number of halogens is 3. The van der Waals surface area contributed by atoms with Crippen molar-refractivity contribution in [3.8, 4) is 0 Å². The number of piperazine rings is 1. The highest BCUT2D eigenvalue weighted by atomic mass is 19.4. The number of anilines is 1. The van der Waals surface area contributed by atoms with Crippen LogP contribution in [0.1, 0.15) is 11.1 Å². The summed E-state index contributed by atoms with van der Waals surface area (Å²) in [4.78, 5) is 3.77. The van der Waals surface area contributed by atoms with Gasteiger partial charge in [-0.15, -0.1) is 0 Å². The Morgan fingerprint density at radius 3 is 2.04 bits per heavy atom. The molecule has 0 spiro atoms. The van der Waals surface area contributed by atoms with E-state index in [-0.39, 0.29) is 0 Å². The van der Waals surface area contributed by atoms with E-state index < -0.39 is 11.7 Å². The molecule has 0 saturated carbocycles. The smallest absolute Gasteiger partial charge is 0.360 e. The maximum Gasteiger partial charge on any atom is 0.416 e. The zero-order valence-corrected chi connectivity index (χ0v) is 12.8. The normalized spacial score (nSPS) is 16.6. The first-order chi connectivity index (χ1) is 11.0. The Morgan fingerprint density at radius 2 is 1.48 bits per heavy atom. The van der Waals surface area contributed by atoms with Gasteiger partial charge in [0.1, 0.15) is 6.54 Å². The first-order valence-corrected chi connectivity index (χ1v) is 7.82. The van der Waals surface area contributed by atoms with Crippen molar-refractivity contribution in [1.29, 1.82) is 0 Å². The van der Waals surface area contributed by atoms with Gasteiger partial charge in [0.15, 0.2) is 0 Å². The van der Waals surface area contributed by atoms with E-state index in [0.717, 1.165) is 38.3 Å². The Labute approximate surface area is 134 Å². The van der Waals surface area contributed by atoms with E-state index in [1.54, 1.807) is 12.1 Å². The van der Waals surface area contributed by atoms with E-state index in [2.05, 4.69) is 17.0 Å².